The van der Waals surface area contributed by atoms with Gasteiger partial charge in [-0.25, -0.2) is 0 Å². The van der Waals surface area contributed by atoms with E-state index in [4.69, 9.17) is 20.8 Å². The molecule has 0 fully saturated rings. The molecule has 27 heavy (non-hydrogen) atoms. The summed E-state index contributed by atoms with van der Waals surface area (Å²) < 4.78 is 23.1. The summed E-state index contributed by atoms with van der Waals surface area (Å²) in [4.78, 5) is 12.9. The van der Waals surface area contributed by atoms with E-state index in [1.54, 1.807) is 55.6 Å². The van der Waals surface area contributed by atoms with Crippen LogP contribution in [0.1, 0.15) is 21.9 Å². The fourth-order valence-corrected chi connectivity index (χ4v) is 3.67. The highest BCUT2D eigenvalue weighted by Crippen LogP contribution is 2.18. The van der Waals surface area contributed by atoms with Crippen molar-refractivity contribution in [3.8, 4) is 5.75 Å². The van der Waals surface area contributed by atoms with Gasteiger partial charge in [0.1, 0.15) is 11.5 Å². The number of benzene rings is 2. The minimum absolute atomic E-state index is 0.179. The number of furan rings is 1. The van der Waals surface area contributed by atoms with E-state index in [0.717, 1.165) is 5.56 Å². The van der Waals surface area contributed by atoms with Crippen molar-refractivity contribution in [2.75, 3.05) is 7.11 Å². The van der Waals surface area contributed by atoms with Gasteiger partial charge in [-0.2, -0.15) is 0 Å². The molecule has 0 aliphatic rings. The zero-order valence-electron chi connectivity index (χ0n) is 14.6. The van der Waals surface area contributed by atoms with E-state index in [-0.39, 0.29) is 17.4 Å². The van der Waals surface area contributed by atoms with Crippen molar-refractivity contribution in [1.29, 1.82) is 0 Å². The maximum absolute atomic E-state index is 12.4. The van der Waals surface area contributed by atoms with Crippen LogP contribution in [0.2, 0.25) is 5.02 Å². The molecular weight excluding hydrogens is 386 g/mol. The third kappa shape index (κ3) is 5.21. The molecule has 0 radical (unpaired) electrons. The lowest BCUT2D eigenvalue weighted by Gasteiger charge is -2.04. The molecule has 7 heteroatoms. The first-order valence-corrected chi connectivity index (χ1v) is 9.88. The Morgan fingerprint density at radius 3 is 2.63 bits per heavy atom. The van der Waals surface area contributed by atoms with Crippen LogP contribution >= 0.6 is 11.6 Å². The van der Waals surface area contributed by atoms with Crippen molar-refractivity contribution < 1.29 is 18.2 Å². The lowest BCUT2D eigenvalue weighted by molar-refractivity contribution is 0.0921. The predicted molar refractivity (Wildman–Crippen MR) is 104 cm³/mol. The molecule has 0 spiro atoms. The van der Waals surface area contributed by atoms with Gasteiger partial charge < -0.3 is 14.5 Å². The van der Waals surface area contributed by atoms with Gasteiger partial charge in [-0.15, -0.1) is 0 Å². The number of nitrogens with one attached hydrogen (secondary N) is 1. The van der Waals surface area contributed by atoms with Crippen molar-refractivity contribution >= 4 is 28.3 Å². The van der Waals surface area contributed by atoms with E-state index in [2.05, 4.69) is 5.32 Å². The van der Waals surface area contributed by atoms with Crippen LogP contribution in [-0.4, -0.2) is 17.2 Å². The Morgan fingerprint density at radius 2 is 1.93 bits per heavy atom. The summed E-state index contributed by atoms with van der Waals surface area (Å²) in [5, 5.41) is 3.39. The number of rotatable bonds is 7. The number of carbonyl (C=O) groups is 1. The van der Waals surface area contributed by atoms with Gasteiger partial charge in [-0.1, -0.05) is 23.7 Å². The van der Waals surface area contributed by atoms with E-state index >= 15 is 0 Å². The highest BCUT2D eigenvalue weighted by atomic mass is 35.5. The molecular formula is C20H18ClNO4S. The fourth-order valence-electron chi connectivity index (χ4n) is 2.43. The highest BCUT2D eigenvalue weighted by Gasteiger charge is 2.14. The molecule has 1 amide bonds. The van der Waals surface area contributed by atoms with Crippen molar-refractivity contribution in [2.24, 2.45) is 0 Å². The maximum Gasteiger partial charge on any atom is 0.287 e. The van der Waals surface area contributed by atoms with E-state index in [0.29, 0.717) is 28.0 Å². The van der Waals surface area contributed by atoms with Gasteiger partial charge in [0.05, 0.1) is 23.7 Å². The van der Waals surface area contributed by atoms with Crippen LogP contribution in [-0.2, 0) is 23.1 Å². The van der Waals surface area contributed by atoms with Crippen molar-refractivity contribution in [3.05, 3.63) is 82.8 Å². The summed E-state index contributed by atoms with van der Waals surface area (Å²) in [5.74, 6) is 1.22. The molecule has 1 unspecified atom stereocenters. The van der Waals surface area contributed by atoms with Crippen LogP contribution in [0.3, 0.4) is 0 Å². The van der Waals surface area contributed by atoms with Crippen LogP contribution in [0.4, 0.5) is 0 Å². The first-order chi connectivity index (χ1) is 13.0. The zero-order valence-corrected chi connectivity index (χ0v) is 16.2. The molecule has 1 aromatic heterocycles. The second-order valence-electron chi connectivity index (χ2n) is 5.74. The van der Waals surface area contributed by atoms with E-state index in [1.165, 1.54) is 0 Å². The third-order valence-electron chi connectivity index (χ3n) is 3.82. The summed E-state index contributed by atoms with van der Waals surface area (Å²) in [7, 11) is 0.301. The van der Waals surface area contributed by atoms with Gasteiger partial charge >= 0.3 is 0 Å². The molecule has 1 heterocycles. The number of halogens is 1. The Balaban J connectivity index is 1.58. The topological polar surface area (TPSA) is 68.5 Å². The molecule has 0 bridgehead atoms. The van der Waals surface area contributed by atoms with E-state index in [9.17, 15) is 9.00 Å². The van der Waals surface area contributed by atoms with Crippen LogP contribution < -0.4 is 10.1 Å². The van der Waals surface area contributed by atoms with Crippen LogP contribution in [0, 0.1) is 0 Å². The first-order valence-electron chi connectivity index (χ1n) is 8.19. The maximum atomic E-state index is 12.4. The Labute approximate surface area is 164 Å². The predicted octanol–water partition coefficient (Wildman–Crippen LogP) is 4.18. The SMILES string of the molecule is COc1ccc(S(=O)Cc2ccc(C(=O)NCc3cccc(Cl)c3)o2)cc1. The quantitative estimate of drug-likeness (QED) is 0.642. The minimum atomic E-state index is -1.28. The summed E-state index contributed by atoms with van der Waals surface area (Å²) in [6.07, 6.45) is 0. The number of carbonyl (C=O) groups excluding carboxylic acids is 1. The van der Waals surface area contributed by atoms with Gasteiger partial charge in [-0.3, -0.25) is 9.00 Å². The zero-order chi connectivity index (χ0) is 19.2. The Kier molecular flexibility index (Phi) is 6.32. The molecule has 3 aromatic rings. The standard InChI is InChI=1S/C20H18ClNO4S/c1-25-16-5-8-18(9-6-16)27(24)13-17-7-10-19(26-17)20(23)22-12-14-3-2-4-15(21)11-14/h2-11H,12-13H2,1H3,(H,22,23). The third-order valence-corrected chi connectivity index (χ3v) is 5.40. The largest absolute Gasteiger partial charge is 0.497 e. The summed E-state index contributed by atoms with van der Waals surface area (Å²) in [6.45, 7) is 0.340. The minimum Gasteiger partial charge on any atom is -0.497 e. The molecule has 5 nitrogen and oxygen atoms in total. The second-order valence-corrected chi connectivity index (χ2v) is 7.63. The normalized spacial score (nSPS) is 11.8. The average Bonchev–Trinajstić information content (AvgIpc) is 3.15. The number of ether oxygens (including phenoxy) is 1. The van der Waals surface area contributed by atoms with Crippen LogP contribution in [0.15, 0.2) is 70.0 Å². The molecule has 0 saturated carbocycles. The molecule has 2 aromatic carbocycles. The van der Waals surface area contributed by atoms with Gasteiger partial charge in [-0.05, 0) is 54.1 Å². The van der Waals surface area contributed by atoms with Gasteiger partial charge in [0, 0.05) is 16.5 Å². The molecule has 0 saturated heterocycles. The lowest BCUT2D eigenvalue weighted by atomic mass is 10.2. The fraction of sp³-hybridized carbons (Fsp3) is 0.150. The van der Waals surface area contributed by atoms with E-state index in [1.807, 2.05) is 12.1 Å². The van der Waals surface area contributed by atoms with Gasteiger partial charge in [0.2, 0.25) is 0 Å². The first kappa shape index (κ1) is 19.2. The second kappa shape index (κ2) is 8.88. The monoisotopic (exact) mass is 403 g/mol. The molecule has 3 rings (SSSR count). The number of methoxy groups -OCH3 is 1. The van der Waals surface area contributed by atoms with Crippen molar-refractivity contribution in [1.82, 2.24) is 5.32 Å². The lowest BCUT2D eigenvalue weighted by Crippen LogP contribution is -2.22. The molecule has 0 aliphatic heterocycles. The average molecular weight is 404 g/mol. The van der Waals surface area contributed by atoms with Crippen LogP contribution in [0.5, 0.6) is 5.75 Å². The van der Waals surface area contributed by atoms with Crippen molar-refractivity contribution in [2.45, 2.75) is 17.2 Å². The molecule has 0 aliphatic carbocycles. The molecule has 1 atom stereocenters. The summed E-state index contributed by atoms with van der Waals surface area (Å²) >= 11 is 5.93. The van der Waals surface area contributed by atoms with Crippen LogP contribution in [0.25, 0.3) is 0 Å². The van der Waals surface area contributed by atoms with Crippen molar-refractivity contribution in [3.63, 3.8) is 0 Å². The number of amides is 1. The Hall–Kier alpha value is -2.57. The van der Waals surface area contributed by atoms with Gasteiger partial charge in [0.15, 0.2) is 5.76 Å². The smallest absolute Gasteiger partial charge is 0.287 e. The highest BCUT2D eigenvalue weighted by molar-refractivity contribution is 7.84. The molecule has 1 N–H and O–H groups in total. The number of hydrogen-bond donors (Lipinski definition) is 1. The summed E-state index contributed by atoms with van der Waals surface area (Å²) in [6, 6.07) is 17.5. The Morgan fingerprint density at radius 1 is 1.15 bits per heavy atom. The van der Waals surface area contributed by atoms with E-state index < -0.39 is 10.8 Å². The summed E-state index contributed by atoms with van der Waals surface area (Å²) in [5.41, 5.74) is 0.892. The van der Waals surface area contributed by atoms with Gasteiger partial charge in [0.25, 0.3) is 5.91 Å². The number of hydrogen-bond acceptors (Lipinski definition) is 4. The Bertz CT molecular complexity index is 953. The molecule has 140 valence electrons.